The van der Waals surface area contributed by atoms with Gasteiger partial charge in [0, 0.05) is 28.4 Å². The third-order valence-corrected chi connectivity index (χ3v) is 6.14. The summed E-state index contributed by atoms with van der Waals surface area (Å²) in [4.78, 5) is 8.02. The fraction of sp³-hybridized carbons (Fsp3) is 0.391. The lowest BCUT2D eigenvalue weighted by Crippen LogP contribution is -2.58. The number of fused-ring (bicyclic) bond motifs is 2. The molecule has 2 atom stereocenters. The topological polar surface area (TPSA) is 67.3 Å². The average Bonchev–Trinajstić information content (AvgIpc) is 2.72. The van der Waals surface area contributed by atoms with Crippen molar-refractivity contribution in [2.45, 2.75) is 50.4 Å². The number of aliphatic hydroxyl groups is 1. The van der Waals surface area contributed by atoms with Crippen LogP contribution in [0.3, 0.4) is 0 Å². The number of anilines is 1. The summed E-state index contributed by atoms with van der Waals surface area (Å²) in [5, 5.41) is 13.8. The van der Waals surface area contributed by atoms with Crippen LogP contribution in [0.15, 0.2) is 30.5 Å². The molecule has 0 radical (unpaired) electrons. The number of ether oxygens (including phenoxy) is 1. The first-order valence-electron chi connectivity index (χ1n) is 10.1. The van der Waals surface area contributed by atoms with Crippen molar-refractivity contribution in [3.05, 3.63) is 59.0 Å². The Balaban J connectivity index is 2.00. The number of benzene rings is 2. The van der Waals surface area contributed by atoms with Crippen LogP contribution < -0.4 is 10.1 Å². The van der Waals surface area contributed by atoms with E-state index in [1.54, 1.807) is 6.92 Å². The second-order valence-corrected chi connectivity index (χ2v) is 8.87. The molecule has 0 amide bonds. The highest BCUT2D eigenvalue weighted by molar-refractivity contribution is 5.91. The molecule has 0 unspecified atom stereocenters. The van der Waals surface area contributed by atoms with Crippen molar-refractivity contribution < 1.29 is 31.8 Å². The van der Waals surface area contributed by atoms with Crippen molar-refractivity contribution in [3.8, 4) is 5.75 Å². The minimum absolute atomic E-state index is 0.0203. The van der Waals surface area contributed by atoms with Gasteiger partial charge in [0.05, 0.1) is 13.2 Å². The quantitative estimate of drug-likeness (QED) is 0.508. The first-order valence-corrected chi connectivity index (χ1v) is 10.1. The Morgan fingerprint density at radius 1 is 1.12 bits per heavy atom. The molecule has 0 saturated heterocycles. The van der Waals surface area contributed by atoms with Crippen LogP contribution >= 0.6 is 0 Å². The maximum Gasteiger partial charge on any atom is 0.419 e. The molecule has 0 spiro atoms. The third kappa shape index (κ3) is 3.56. The van der Waals surface area contributed by atoms with E-state index in [1.807, 2.05) is 0 Å². The maximum atomic E-state index is 15.2. The monoisotopic (exact) mass is 467 g/mol. The Bertz CT molecular complexity index is 1240. The molecule has 4 rings (SSSR count). The molecule has 0 bridgehead atoms. The predicted octanol–water partition coefficient (Wildman–Crippen LogP) is 5.35. The molecule has 1 heterocycles. The van der Waals surface area contributed by atoms with Crippen LogP contribution in [-0.2, 0) is 5.41 Å². The number of hydrogen-bond acceptors (Lipinski definition) is 5. The van der Waals surface area contributed by atoms with Crippen LogP contribution in [0.1, 0.15) is 43.3 Å². The number of nitrogens with zero attached hydrogens (tertiary/aromatic N) is 2. The van der Waals surface area contributed by atoms with E-state index in [0.29, 0.717) is 0 Å². The molecule has 1 aliphatic rings. The van der Waals surface area contributed by atoms with Crippen molar-refractivity contribution >= 4 is 16.6 Å². The second-order valence-electron chi connectivity index (χ2n) is 8.87. The number of halogens is 5. The third-order valence-electron chi connectivity index (χ3n) is 6.14. The molecule has 176 valence electrons. The van der Waals surface area contributed by atoms with Gasteiger partial charge >= 0.3 is 6.18 Å². The first kappa shape index (κ1) is 23.2. The summed E-state index contributed by atoms with van der Waals surface area (Å²) in [6, 6.07) is 2.64. The highest BCUT2D eigenvalue weighted by Gasteiger charge is 2.65. The fourth-order valence-corrected chi connectivity index (χ4v) is 4.74. The van der Waals surface area contributed by atoms with Gasteiger partial charge < -0.3 is 15.2 Å². The molecule has 0 fully saturated rings. The highest BCUT2D eigenvalue weighted by Crippen LogP contribution is 2.57. The van der Waals surface area contributed by atoms with Gasteiger partial charge in [0.2, 0.25) is 0 Å². The van der Waals surface area contributed by atoms with Gasteiger partial charge in [0.15, 0.2) is 5.60 Å². The summed E-state index contributed by atoms with van der Waals surface area (Å²) in [7, 11) is 1.34. The van der Waals surface area contributed by atoms with E-state index in [9.17, 15) is 22.7 Å². The SMILES string of the molecule is COc1ccc(F)c2c1C(C)(C)C[C@@](O)(C(F)(F)F)[C@H]2Nc1ccc(F)c2nc(C)ncc12. The lowest BCUT2D eigenvalue weighted by Gasteiger charge is -2.49. The number of nitrogens with one attached hydrogen (secondary N) is 1. The standard InChI is InChI=1S/C23H22F5N3O2/c1-11-29-9-12-15(7-5-14(25)19(12)30-11)31-20-17-13(24)6-8-16(33-4)18(17)21(2,3)10-22(20,32)23(26,27)28/h5-9,20,31-32H,10H2,1-4H3/t20-,22-/m0/s1. The van der Waals surface area contributed by atoms with E-state index >= 15 is 4.39 Å². The van der Waals surface area contributed by atoms with Crippen LogP contribution in [0, 0.1) is 18.6 Å². The number of methoxy groups -OCH3 is 1. The van der Waals surface area contributed by atoms with E-state index in [2.05, 4.69) is 15.3 Å². The van der Waals surface area contributed by atoms with E-state index < -0.39 is 41.3 Å². The Labute approximate surface area is 186 Å². The smallest absolute Gasteiger partial charge is 0.419 e. The lowest BCUT2D eigenvalue weighted by molar-refractivity contribution is -0.276. The Morgan fingerprint density at radius 2 is 1.79 bits per heavy atom. The Morgan fingerprint density at radius 3 is 2.42 bits per heavy atom. The van der Waals surface area contributed by atoms with Crippen molar-refractivity contribution in [2.75, 3.05) is 12.4 Å². The second kappa shape index (κ2) is 7.51. The predicted molar refractivity (Wildman–Crippen MR) is 112 cm³/mol. The van der Waals surface area contributed by atoms with Crippen LogP contribution in [0.5, 0.6) is 5.75 Å². The van der Waals surface area contributed by atoms with Gasteiger partial charge in [-0.3, -0.25) is 0 Å². The minimum Gasteiger partial charge on any atom is -0.496 e. The van der Waals surface area contributed by atoms with E-state index in [-0.39, 0.29) is 39.3 Å². The van der Waals surface area contributed by atoms with Gasteiger partial charge in [-0.05, 0) is 43.0 Å². The molecule has 2 N–H and O–H groups in total. The molecule has 1 aromatic heterocycles. The first-order chi connectivity index (χ1) is 15.3. The number of aryl methyl sites for hydroxylation is 1. The van der Waals surface area contributed by atoms with Gasteiger partial charge in [-0.1, -0.05) is 13.8 Å². The van der Waals surface area contributed by atoms with E-state index in [0.717, 1.165) is 12.1 Å². The molecular weight excluding hydrogens is 445 g/mol. The molecular formula is C23H22F5N3O2. The molecule has 2 aromatic carbocycles. The Kier molecular flexibility index (Phi) is 5.27. The van der Waals surface area contributed by atoms with E-state index in [4.69, 9.17) is 4.74 Å². The van der Waals surface area contributed by atoms with Crippen molar-refractivity contribution in [2.24, 2.45) is 0 Å². The Hall–Kier alpha value is -3.01. The molecule has 10 heteroatoms. The summed E-state index contributed by atoms with van der Waals surface area (Å²) in [6.45, 7) is 4.53. The van der Waals surface area contributed by atoms with Gasteiger partial charge in [0.1, 0.15) is 28.7 Å². The van der Waals surface area contributed by atoms with E-state index in [1.165, 1.54) is 39.3 Å². The van der Waals surface area contributed by atoms with Crippen LogP contribution in [0.4, 0.5) is 27.6 Å². The minimum atomic E-state index is -5.11. The maximum absolute atomic E-state index is 15.2. The fourth-order valence-electron chi connectivity index (χ4n) is 4.74. The van der Waals surface area contributed by atoms with Gasteiger partial charge in [-0.2, -0.15) is 13.2 Å². The molecule has 0 aliphatic heterocycles. The van der Waals surface area contributed by atoms with Crippen LogP contribution in [0.2, 0.25) is 0 Å². The molecule has 3 aromatic rings. The average molecular weight is 467 g/mol. The highest BCUT2D eigenvalue weighted by atomic mass is 19.4. The lowest BCUT2D eigenvalue weighted by atomic mass is 9.63. The zero-order valence-corrected chi connectivity index (χ0v) is 18.3. The molecule has 5 nitrogen and oxygen atoms in total. The van der Waals surface area contributed by atoms with Crippen LogP contribution in [-0.4, -0.2) is 34.0 Å². The number of aromatic nitrogens is 2. The summed E-state index contributed by atoms with van der Waals surface area (Å²) in [5.74, 6) is -1.15. The summed E-state index contributed by atoms with van der Waals surface area (Å²) >= 11 is 0. The van der Waals surface area contributed by atoms with Gasteiger partial charge in [-0.25, -0.2) is 18.7 Å². The zero-order valence-electron chi connectivity index (χ0n) is 18.3. The summed E-state index contributed by atoms with van der Waals surface area (Å²) in [5.41, 5.74) is -4.86. The van der Waals surface area contributed by atoms with Gasteiger partial charge in [-0.15, -0.1) is 0 Å². The number of alkyl halides is 3. The van der Waals surface area contributed by atoms with Gasteiger partial charge in [0.25, 0.3) is 0 Å². The van der Waals surface area contributed by atoms with Crippen molar-refractivity contribution in [1.82, 2.24) is 9.97 Å². The number of hydrogen-bond donors (Lipinski definition) is 2. The normalized spacial score (nSPS) is 22.2. The van der Waals surface area contributed by atoms with Crippen molar-refractivity contribution in [3.63, 3.8) is 0 Å². The summed E-state index contributed by atoms with van der Waals surface area (Å²) in [6.07, 6.45) is -4.61. The zero-order chi connectivity index (χ0) is 24.3. The number of rotatable bonds is 3. The van der Waals surface area contributed by atoms with Crippen molar-refractivity contribution in [1.29, 1.82) is 0 Å². The molecule has 0 saturated carbocycles. The molecule has 33 heavy (non-hydrogen) atoms. The largest absolute Gasteiger partial charge is 0.496 e. The molecule has 1 aliphatic carbocycles. The summed E-state index contributed by atoms with van der Waals surface area (Å²) < 4.78 is 77.9. The van der Waals surface area contributed by atoms with Crippen LogP contribution in [0.25, 0.3) is 10.9 Å².